The molecule has 1 aromatic carbocycles. The minimum atomic E-state index is -0.613. The van der Waals surface area contributed by atoms with Crippen LogP contribution >= 0.6 is 0 Å². The maximum Gasteiger partial charge on any atom is 0.320 e. The van der Waals surface area contributed by atoms with Crippen LogP contribution in [0.5, 0.6) is 5.75 Å². The minimum Gasteiger partial charge on any atom is -0.492 e. The van der Waals surface area contributed by atoms with Crippen molar-refractivity contribution in [1.82, 2.24) is 14.7 Å². The zero-order chi connectivity index (χ0) is 18.7. The summed E-state index contributed by atoms with van der Waals surface area (Å²) in [5, 5.41) is 11.1. The van der Waals surface area contributed by atoms with E-state index in [-0.39, 0.29) is 11.9 Å². The van der Waals surface area contributed by atoms with E-state index in [1.165, 1.54) is 0 Å². The number of rotatable bonds is 4. The second-order valence-corrected chi connectivity index (χ2v) is 8.19. The number of fused-ring (bicyclic) bond motifs is 1. The molecule has 1 N–H and O–H groups in total. The van der Waals surface area contributed by atoms with Gasteiger partial charge in [-0.3, -0.25) is 4.90 Å². The van der Waals surface area contributed by atoms with Crippen LogP contribution in [0.25, 0.3) is 0 Å². The number of aliphatic hydroxyl groups is 1. The molecule has 3 fully saturated rings. The van der Waals surface area contributed by atoms with Gasteiger partial charge in [0.2, 0.25) is 0 Å². The van der Waals surface area contributed by atoms with Crippen LogP contribution in [0.2, 0.25) is 0 Å². The molecule has 0 aliphatic carbocycles. The van der Waals surface area contributed by atoms with Gasteiger partial charge in [-0.25, -0.2) is 4.79 Å². The Hall–Kier alpha value is -1.79. The van der Waals surface area contributed by atoms with Crippen molar-refractivity contribution in [3.05, 3.63) is 30.3 Å². The van der Waals surface area contributed by atoms with Crippen LogP contribution in [-0.2, 0) is 0 Å². The van der Waals surface area contributed by atoms with Crippen LogP contribution in [-0.4, -0.2) is 83.9 Å². The number of hydrogen-bond acceptors (Lipinski definition) is 4. The molecule has 148 valence electrons. The number of likely N-dealkylation sites (tertiary alicyclic amines) is 3. The lowest BCUT2D eigenvalue weighted by molar-refractivity contribution is -0.108. The standard InChI is InChI=1S/C21H31N3O3/c25-20(23-10-4-5-11-23)24-13-9-21(26)8-12-22(16-18(21)17-24)14-15-27-19-6-2-1-3-7-19/h1-3,6-7,18,26H,4-5,8-17H2/t18-,21-/m0/s1. The highest BCUT2D eigenvalue weighted by Crippen LogP contribution is 2.35. The van der Waals surface area contributed by atoms with E-state index in [2.05, 4.69) is 4.90 Å². The molecule has 1 aromatic rings. The van der Waals surface area contributed by atoms with Gasteiger partial charge in [0, 0.05) is 51.7 Å². The fourth-order valence-corrected chi connectivity index (χ4v) is 4.67. The summed E-state index contributed by atoms with van der Waals surface area (Å²) in [6, 6.07) is 10.0. The highest BCUT2D eigenvalue weighted by Gasteiger charge is 2.46. The second-order valence-electron chi connectivity index (χ2n) is 8.19. The van der Waals surface area contributed by atoms with Gasteiger partial charge >= 0.3 is 6.03 Å². The van der Waals surface area contributed by atoms with Crippen molar-refractivity contribution in [2.24, 2.45) is 5.92 Å². The number of urea groups is 1. The Balaban J connectivity index is 1.29. The smallest absolute Gasteiger partial charge is 0.320 e. The fraction of sp³-hybridized carbons (Fsp3) is 0.667. The number of carbonyl (C=O) groups excluding carboxylic acids is 1. The molecule has 0 unspecified atom stereocenters. The highest BCUT2D eigenvalue weighted by atomic mass is 16.5. The van der Waals surface area contributed by atoms with Crippen LogP contribution in [0.1, 0.15) is 25.7 Å². The summed E-state index contributed by atoms with van der Waals surface area (Å²) in [7, 11) is 0. The quantitative estimate of drug-likeness (QED) is 0.878. The lowest BCUT2D eigenvalue weighted by atomic mass is 9.76. The summed E-state index contributed by atoms with van der Waals surface area (Å²) in [5.74, 6) is 1.02. The van der Waals surface area contributed by atoms with Crippen LogP contribution in [0.3, 0.4) is 0 Å². The number of piperidine rings is 2. The maximum absolute atomic E-state index is 12.7. The summed E-state index contributed by atoms with van der Waals surface area (Å²) in [6.07, 6.45) is 3.71. The van der Waals surface area contributed by atoms with Crippen molar-refractivity contribution in [3.63, 3.8) is 0 Å². The van der Waals surface area contributed by atoms with Gasteiger partial charge in [-0.15, -0.1) is 0 Å². The Bertz CT molecular complexity index is 635. The number of nitrogens with zero attached hydrogens (tertiary/aromatic N) is 3. The Morgan fingerprint density at radius 1 is 1.04 bits per heavy atom. The molecule has 2 atom stereocenters. The van der Waals surface area contributed by atoms with Crippen LogP contribution in [0.4, 0.5) is 4.79 Å². The lowest BCUT2D eigenvalue weighted by Crippen LogP contribution is -2.62. The molecule has 3 heterocycles. The van der Waals surface area contributed by atoms with Crippen LogP contribution < -0.4 is 4.74 Å². The van der Waals surface area contributed by atoms with Crippen molar-refractivity contribution >= 4 is 6.03 Å². The normalized spacial score (nSPS) is 28.9. The van der Waals surface area contributed by atoms with Gasteiger partial charge in [-0.1, -0.05) is 18.2 Å². The van der Waals surface area contributed by atoms with Gasteiger partial charge in [0.05, 0.1) is 5.60 Å². The molecule has 0 saturated carbocycles. The first-order chi connectivity index (χ1) is 13.1. The van der Waals surface area contributed by atoms with Gasteiger partial charge in [0.25, 0.3) is 0 Å². The average molecular weight is 373 g/mol. The van der Waals surface area contributed by atoms with Crippen molar-refractivity contribution in [1.29, 1.82) is 0 Å². The summed E-state index contributed by atoms with van der Waals surface area (Å²) in [5.41, 5.74) is -0.613. The number of amides is 2. The predicted octanol–water partition coefficient (Wildman–Crippen LogP) is 2.04. The van der Waals surface area contributed by atoms with E-state index in [4.69, 9.17) is 4.74 Å². The fourth-order valence-electron chi connectivity index (χ4n) is 4.67. The molecule has 27 heavy (non-hydrogen) atoms. The Morgan fingerprint density at radius 3 is 2.56 bits per heavy atom. The molecule has 4 rings (SSSR count). The molecule has 0 radical (unpaired) electrons. The first-order valence-corrected chi connectivity index (χ1v) is 10.3. The Labute approximate surface area is 161 Å². The highest BCUT2D eigenvalue weighted by molar-refractivity contribution is 5.74. The van der Waals surface area contributed by atoms with Gasteiger partial charge in [0.15, 0.2) is 0 Å². The van der Waals surface area contributed by atoms with E-state index in [1.54, 1.807) is 0 Å². The van der Waals surface area contributed by atoms with Crippen molar-refractivity contribution < 1.29 is 14.6 Å². The third-order valence-electron chi connectivity index (χ3n) is 6.42. The summed E-state index contributed by atoms with van der Waals surface area (Å²) in [6.45, 7) is 6.33. The van der Waals surface area contributed by atoms with E-state index in [0.29, 0.717) is 26.1 Å². The molecule has 6 heteroatoms. The molecule has 0 spiro atoms. The van der Waals surface area contributed by atoms with E-state index in [9.17, 15) is 9.90 Å². The molecular formula is C21H31N3O3. The van der Waals surface area contributed by atoms with Crippen molar-refractivity contribution in [2.45, 2.75) is 31.3 Å². The molecule has 3 saturated heterocycles. The molecule has 6 nitrogen and oxygen atoms in total. The van der Waals surface area contributed by atoms with Gasteiger partial charge < -0.3 is 19.6 Å². The second kappa shape index (κ2) is 8.07. The number of carbonyl (C=O) groups is 1. The first kappa shape index (κ1) is 18.6. The lowest BCUT2D eigenvalue weighted by Gasteiger charge is -2.50. The van der Waals surface area contributed by atoms with E-state index in [0.717, 1.165) is 57.7 Å². The SMILES string of the molecule is O=C(N1CCCC1)N1CC[C@@]2(O)CCN(CCOc3ccccc3)C[C@H]2C1. The van der Waals surface area contributed by atoms with Crippen molar-refractivity contribution in [3.8, 4) is 5.75 Å². The van der Waals surface area contributed by atoms with Gasteiger partial charge in [-0.2, -0.15) is 0 Å². The maximum atomic E-state index is 12.7. The Morgan fingerprint density at radius 2 is 1.78 bits per heavy atom. The molecular weight excluding hydrogens is 342 g/mol. The van der Waals surface area contributed by atoms with E-state index >= 15 is 0 Å². The number of benzene rings is 1. The number of ether oxygens (including phenoxy) is 1. The Kier molecular flexibility index (Phi) is 5.55. The van der Waals surface area contributed by atoms with Crippen molar-refractivity contribution in [2.75, 3.05) is 52.4 Å². The number of hydrogen-bond donors (Lipinski definition) is 1. The molecule has 0 bridgehead atoms. The average Bonchev–Trinajstić information content (AvgIpc) is 3.23. The first-order valence-electron chi connectivity index (χ1n) is 10.3. The largest absolute Gasteiger partial charge is 0.492 e. The zero-order valence-corrected chi connectivity index (χ0v) is 16.1. The summed E-state index contributed by atoms with van der Waals surface area (Å²) >= 11 is 0. The van der Waals surface area contributed by atoms with Gasteiger partial charge in [-0.05, 0) is 37.8 Å². The molecule has 3 aliphatic rings. The van der Waals surface area contributed by atoms with Gasteiger partial charge in [0.1, 0.15) is 12.4 Å². The van der Waals surface area contributed by atoms with E-state index < -0.39 is 5.60 Å². The molecule has 3 aliphatic heterocycles. The van der Waals surface area contributed by atoms with E-state index in [1.807, 2.05) is 40.1 Å². The summed E-state index contributed by atoms with van der Waals surface area (Å²) in [4.78, 5) is 19.0. The third-order valence-corrected chi connectivity index (χ3v) is 6.42. The molecule has 2 amide bonds. The topological polar surface area (TPSA) is 56.2 Å². The van der Waals surface area contributed by atoms with Crippen LogP contribution in [0.15, 0.2) is 30.3 Å². The third kappa shape index (κ3) is 4.22. The summed E-state index contributed by atoms with van der Waals surface area (Å²) < 4.78 is 5.82. The predicted molar refractivity (Wildman–Crippen MR) is 104 cm³/mol. The van der Waals surface area contributed by atoms with Crippen LogP contribution in [0, 0.1) is 5.92 Å². The zero-order valence-electron chi connectivity index (χ0n) is 16.1. The number of para-hydroxylation sites is 1. The monoisotopic (exact) mass is 373 g/mol. The molecule has 0 aromatic heterocycles. The minimum absolute atomic E-state index is 0.128.